The van der Waals surface area contributed by atoms with Gasteiger partial charge >= 0.3 is 0 Å². The molecule has 2 heterocycles. The number of piperidine rings is 1. The molecule has 0 aliphatic carbocycles. The van der Waals surface area contributed by atoms with Crippen LogP contribution in [0.3, 0.4) is 0 Å². The number of pyridine rings is 1. The molecule has 0 bridgehead atoms. The van der Waals surface area contributed by atoms with Crippen molar-refractivity contribution >= 4 is 45.8 Å². The van der Waals surface area contributed by atoms with Gasteiger partial charge in [0.1, 0.15) is 5.82 Å². The van der Waals surface area contributed by atoms with Crippen molar-refractivity contribution in [2.45, 2.75) is 45.4 Å². The molecule has 1 aliphatic heterocycles. The first-order chi connectivity index (χ1) is 16.5. The second-order valence-corrected chi connectivity index (χ2v) is 9.29. The third-order valence-corrected chi connectivity index (χ3v) is 6.45. The van der Waals surface area contributed by atoms with Gasteiger partial charge in [-0.05, 0) is 80.1 Å². The molecule has 1 saturated heterocycles. The van der Waals surface area contributed by atoms with Crippen LogP contribution in [0.25, 0.3) is 10.9 Å². The molecule has 2 aromatic carbocycles. The van der Waals surface area contributed by atoms with Crippen LogP contribution < -0.4 is 15.5 Å². The van der Waals surface area contributed by atoms with Crippen LogP contribution in [0, 0.1) is 6.92 Å². The highest BCUT2D eigenvalue weighted by Crippen LogP contribution is 2.27. The lowest BCUT2D eigenvalue weighted by molar-refractivity contribution is -0.124. The molecule has 7 heteroatoms. The SMILES string of the molecule is Cc1cc(N2CCCCC2)nc2ccc(NC(=O)CCC(=O)NCCc3ccc(Cl)cc3)cc12. The normalized spacial score (nSPS) is 13.6. The number of aryl methyl sites for hydroxylation is 1. The van der Waals surface area contributed by atoms with Crippen molar-refractivity contribution in [3.63, 3.8) is 0 Å². The Labute approximate surface area is 205 Å². The van der Waals surface area contributed by atoms with Crippen molar-refractivity contribution in [1.29, 1.82) is 0 Å². The summed E-state index contributed by atoms with van der Waals surface area (Å²) in [5, 5.41) is 7.50. The van der Waals surface area contributed by atoms with E-state index >= 15 is 0 Å². The van der Waals surface area contributed by atoms with Crippen LogP contribution in [-0.4, -0.2) is 36.4 Å². The molecule has 0 unspecified atom stereocenters. The number of hydrogen-bond acceptors (Lipinski definition) is 4. The fourth-order valence-electron chi connectivity index (χ4n) is 4.28. The van der Waals surface area contributed by atoms with Crippen LogP contribution in [-0.2, 0) is 16.0 Å². The number of halogens is 1. The highest BCUT2D eigenvalue weighted by molar-refractivity contribution is 6.30. The molecule has 0 spiro atoms. The van der Waals surface area contributed by atoms with Gasteiger partial charge in [-0.25, -0.2) is 4.98 Å². The number of anilines is 2. The summed E-state index contributed by atoms with van der Waals surface area (Å²) in [7, 11) is 0. The first kappa shape index (κ1) is 24.0. The lowest BCUT2D eigenvalue weighted by Gasteiger charge is -2.28. The van der Waals surface area contributed by atoms with E-state index in [4.69, 9.17) is 16.6 Å². The zero-order valence-electron chi connectivity index (χ0n) is 19.6. The molecule has 1 fully saturated rings. The highest BCUT2D eigenvalue weighted by Gasteiger charge is 2.14. The fourth-order valence-corrected chi connectivity index (χ4v) is 4.40. The number of carbonyl (C=O) groups excluding carboxylic acids is 2. The molecule has 4 rings (SSSR count). The van der Waals surface area contributed by atoms with Gasteiger partial charge in [0.05, 0.1) is 5.52 Å². The lowest BCUT2D eigenvalue weighted by Crippen LogP contribution is -2.30. The molecule has 1 aliphatic rings. The van der Waals surface area contributed by atoms with Crippen molar-refractivity contribution in [3.8, 4) is 0 Å². The molecule has 6 nitrogen and oxygen atoms in total. The Kier molecular flexibility index (Phi) is 8.01. The number of fused-ring (bicyclic) bond motifs is 1. The van der Waals surface area contributed by atoms with Crippen LogP contribution in [0.5, 0.6) is 0 Å². The molecule has 178 valence electrons. The van der Waals surface area contributed by atoms with Gasteiger partial charge in [0.15, 0.2) is 0 Å². The smallest absolute Gasteiger partial charge is 0.224 e. The molecule has 0 radical (unpaired) electrons. The minimum Gasteiger partial charge on any atom is -0.357 e. The monoisotopic (exact) mass is 478 g/mol. The standard InChI is InChI=1S/C27H31ClN4O2/c1-19-17-25(32-15-3-2-4-16-32)31-24-10-9-22(18-23(19)24)30-27(34)12-11-26(33)29-14-13-20-5-7-21(28)8-6-20/h5-10,17-18H,2-4,11-16H2,1H3,(H,29,33)(H,30,34). The molecule has 0 saturated carbocycles. The van der Waals surface area contributed by atoms with Gasteiger partial charge in [-0.1, -0.05) is 23.7 Å². The van der Waals surface area contributed by atoms with E-state index in [1.54, 1.807) is 0 Å². The molecule has 0 atom stereocenters. The lowest BCUT2D eigenvalue weighted by atomic mass is 10.1. The summed E-state index contributed by atoms with van der Waals surface area (Å²) in [6.45, 7) is 4.72. The van der Waals surface area contributed by atoms with E-state index in [-0.39, 0.29) is 24.7 Å². The Morgan fingerprint density at radius 3 is 2.47 bits per heavy atom. The minimum absolute atomic E-state index is 0.132. The van der Waals surface area contributed by atoms with Gasteiger partial charge in [-0.2, -0.15) is 0 Å². The Morgan fingerprint density at radius 2 is 1.71 bits per heavy atom. The number of hydrogen-bond donors (Lipinski definition) is 2. The zero-order valence-corrected chi connectivity index (χ0v) is 20.3. The summed E-state index contributed by atoms with van der Waals surface area (Å²) >= 11 is 5.88. The number of nitrogens with zero attached hydrogens (tertiary/aromatic N) is 2. The third kappa shape index (κ3) is 6.48. The average Bonchev–Trinajstić information content (AvgIpc) is 2.85. The van der Waals surface area contributed by atoms with Crippen LogP contribution in [0.4, 0.5) is 11.5 Å². The molecule has 34 heavy (non-hydrogen) atoms. The minimum atomic E-state index is -0.178. The largest absolute Gasteiger partial charge is 0.357 e. The van der Waals surface area contributed by atoms with E-state index in [0.29, 0.717) is 11.6 Å². The summed E-state index contributed by atoms with van der Waals surface area (Å²) in [4.78, 5) is 31.7. The Morgan fingerprint density at radius 1 is 0.971 bits per heavy atom. The maximum absolute atomic E-state index is 12.4. The quantitative estimate of drug-likeness (QED) is 0.463. The zero-order chi connectivity index (χ0) is 23.9. The first-order valence-corrected chi connectivity index (χ1v) is 12.3. The van der Waals surface area contributed by atoms with Crippen molar-refractivity contribution in [1.82, 2.24) is 10.3 Å². The van der Waals surface area contributed by atoms with E-state index < -0.39 is 0 Å². The second kappa shape index (κ2) is 11.3. The van der Waals surface area contributed by atoms with E-state index in [1.807, 2.05) is 42.5 Å². The maximum Gasteiger partial charge on any atom is 0.224 e. The number of nitrogens with one attached hydrogen (secondary N) is 2. The molecular weight excluding hydrogens is 448 g/mol. The number of amides is 2. The molecule has 2 N–H and O–H groups in total. The Balaban J connectivity index is 1.27. The summed E-state index contributed by atoms with van der Waals surface area (Å²) in [6, 6.07) is 15.5. The van der Waals surface area contributed by atoms with Gasteiger partial charge in [-0.3, -0.25) is 9.59 Å². The number of benzene rings is 2. The number of rotatable bonds is 8. The third-order valence-electron chi connectivity index (χ3n) is 6.19. The summed E-state index contributed by atoms with van der Waals surface area (Å²) in [6.07, 6.45) is 4.72. The maximum atomic E-state index is 12.4. The average molecular weight is 479 g/mol. The number of carbonyl (C=O) groups is 2. The van der Waals surface area contributed by atoms with Gasteiger partial charge in [0.25, 0.3) is 0 Å². The van der Waals surface area contributed by atoms with Gasteiger partial charge in [0, 0.05) is 48.6 Å². The second-order valence-electron chi connectivity index (χ2n) is 8.85. The number of aromatic nitrogens is 1. The van der Waals surface area contributed by atoms with E-state index in [9.17, 15) is 9.59 Å². The highest BCUT2D eigenvalue weighted by atomic mass is 35.5. The van der Waals surface area contributed by atoms with Crippen LogP contribution >= 0.6 is 11.6 Å². The topological polar surface area (TPSA) is 74.3 Å². The van der Waals surface area contributed by atoms with E-state index in [0.717, 1.165) is 53.0 Å². The van der Waals surface area contributed by atoms with E-state index in [2.05, 4.69) is 28.5 Å². The van der Waals surface area contributed by atoms with Gasteiger partial charge in [-0.15, -0.1) is 0 Å². The predicted molar refractivity (Wildman–Crippen MR) is 139 cm³/mol. The van der Waals surface area contributed by atoms with Gasteiger partial charge < -0.3 is 15.5 Å². The molecule has 1 aromatic heterocycles. The van der Waals surface area contributed by atoms with Crippen LogP contribution in [0.15, 0.2) is 48.5 Å². The van der Waals surface area contributed by atoms with Crippen molar-refractivity contribution in [2.24, 2.45) is 0 Å². The summed E-state index contributed by atoms with van der Waals surface area (Å²) in [5.74, 6) is 0.722. The first-order valence-electron chi connectivity index (χ1n) is 12.0. The Hall–Kier alpha value is -3.12. The molecular formula is C27H31ClN4O2. The molecule has 2 amide bonds. The fraction of sp³-hybridized carbons (Fsp3) is 0.370. The van der Waals surface area contributed by atoms with Crippen molar-refractivity contribution in [2.75, 3.05) is 29.9 Å². The Bertz CT molecular complexity index is 1160. The molecule has 3 aromatic rings. The predicted octanol–water partition coefficient (Wildman–Crippen LogP) is 5.26. The van der Waals surface area contributed by atoms with Crippen molar-refractivity contribution in [3.05, 3.63) is 64.7 Å². The summed E-state index contributed by atoms with van der Waals surface area (Å²) < 4.78 is 0. The van der Waals surface area contributed by atoms with Crippen LogP contribution in [0.1, 0.15) is 43.2 Å². The van der Waals surface area contributed by atoms with Crippen LogP contribution in [0.2, 0.25) is 5.02 Å². The van der Waals surface area contributed by atoms with Gasteiger partial charge in [0.2, 0.25) is 11.8 Å². The summed E-state index contributed by atoms with van der Waals surface area (Å²) in [5.41, 5.74) is 3.89. The van der Waals surface area contributed by atoms with Crippen molar-refractivity contribution < 1.29 is 9.59 Å². The van der Waals surface area contributed by atoms with E-state index in [1.165, 1.54) is 19.3 Å².